The van der Waals surface area contributed by atoms with Crippen molar-refractivity contribution in [2.75, 3.05) is 17.4 Å². The van der Waals surface area contributed by atoms with Crippen molar-refractivity contribution in [3.8, 4) is 0 Å². The van der Waals surface area contributed by atoms with Crippen molar-refractivity contribution >= 4 is 11.5 Å². The second-order valence-corrected chi connectivity index (χ2v) is 4.57. The molecule has 4 N–H and O–H groups in total. The van der Waals surface area contributed by atoms with Gasteiger partial charge in [-0.25, -0.2) is 10.8 Å². The normalized spacial score (nSPS) is 24.4. The number of rotatable bonds is 3. The molecular weight excluding hydrogens is 216 g/mol. The van der Waals surface area contributed by atoms with Crippen LogP contribution in [0.4, 0.5) is 11.5 Å². The number of hydrazine groups is 1. The maximum Gasteiger partial charge on any atom is 0.141 e. The van der Waals surface area contributed by atoms with E-state index in [9.17, 15) is 5.11 Å². The van der Waals surface area contributed by atoms with E-state index >= 15 is 0 Å². The van der Waals surface area contributed by atoms with Crippen LogP contribution in [-0.2, 0) is 0 Å². The Morgan fingerprint density at radius 2 is 2.24 bits per heavy atom. The van der Waals surface area contributed by atoms with Gasteiger partial charge in [-0.15, -0.1) is 0 Å². The highest BCUT2D eigenvalue weighted by Gasteiger charge is 2.26. The number of hydrogen-bond acceptors (Lipinski definition) is 5. The van der Waals surface area contributed by atoms with E-state index < -0.39 is 0 Å². The van der Waals surface area contributed by atoms with Gasteiger partial charge in [0, 0.05) is 25.0 Å². The van der Waals surface area contributed by atoms with Gasteiger partial charge in [0.15, 0.2) is 0 Å². The number of aromatic nitrogens is 1. The third kappa shape index (κ3) is 2.68. The van der Waals surface area contributed by atoms with Crippen LogP contribution in [0.2, 0.25) is 0 Å². The fourth-order valence-corrected chi connectivity index (χ4v) is 2.45. The van der Waals surface area contributed by atoms with Gasteiger partial charge in [0.2, 0.25) is 0 Å². The minimum absolute atomic E-state index is 0.191. The van der Waals surface area contributed by atoms with Crippen molar-refractivity contribution in [2.24, 2.45) is 5.84 Å². The molecule has 1 aliphatic carbocycles. The van der Waals surface area contributed by atoms with Crippen molar-refractivity contribution in [3.05, 3.63) is 18.3 Å². The first-order valence-electron chi connectivity index (χ1n) is 6.06. The average Bonchev–Trinajstić information content (AvgIpc) is 2.38. The molecule has 0 bridgehead atoms. The molecule has 1 heterocycles. The smallest absolute Gasteiger partial charge is 0.141 e. The Labute approximate surface area is 102 Å². The zero-order valence-corrected chi connectivity index (χ0v) is 10.1. The van der Waals surface area contributed by atoms with Gasteiger partial charge in [0.1, 0.15) is 5.82 Å². The maximum absolute atomic E-state index is 10.0. The van der Waals surface area contributed by atoms with E-state index in [1.54, 1.807) is 6.20 Å². The van der Waals surface area contributed by atoms with E-state index in [-0.39, 0.29) is 12.1 Å². The van der Waals surface area contributed by atoms with Gasteiger partial charge in [-0.1, -0.05) is 12.8 Å². The van der Waals surface area contributed by atoms with Crippen LogP contribution in [0.5, 0.6) is 0 Å². The summed E-state index contributed by atoms with van der Waals surface area (Å²) in [4.78, 5) is 6.20. The first-order chi connectivity index (χ1) is 8.22. The molecule has 0 spiro atoms. The molecule has 5 heteroatoms. The van der Waals surface area contributed by atoms with Crippen molar-refractivity contribution in [1.82, 2.24) is 4.98 Å². The van der Waals surface area contributed by atoms with Crippen LogP contribution < -0.4 is 16.2 Å². The van der Waals surface area contributed by atoms with E-state index in [4.69, 9.17) is 5.84 Å². The summed E-state index contributed by atoms with van der Waals surface area (Å²) < 4.78 is 0. The van der Waals surface area contributed by atoms with Gasteiger partial charge in [-0.2, -0.15) is 0 Å². The summed E-state index contributed by atoms with van der Waals surface area (Å²) in [5, 5.41) is 10.0. The van der Waals surface area contributed by atoms with Crippen LogP contribution in [0, 0.1) is 0 Å². The number of aliphatic hydroxyl groups excluding tert-OH is 1. The van der Waals surface area contributed by atoms with Crippen molar-refractivity contribution < 1.29 is 5.11 Å². The molecule has 1 aromatic rings. The average molecular weight is 236 g/mol. The first kappa shape index (κ1) is 12.1. The van der Waals surface area contributed by atoms with Crippen LogP contribution in [0.1, 0.15) is 25.7 Å². The van der Waals surface area contributed by atoms with Crippen LogP contribution in [-0.4, -0.2) is 29.3 Å². The quantitative estimate of drug-likeness (QED) is 0.541. The van der Waals surface area contributed by atoms with E-state index in [0.29, 0.717) is 5.82 Å². The molecule has 17 heavy (non-hydrogen) atoms. The molecule has 0 aromatic carbocycles. The molecule has 1 fully saturated rings. The van der Waals surface area contributed by atoms with Crippen molar-refractivity contribution in [1.29, 1.82) is 0 Å². The number of likely N-dealkylation sites (N-methyl/N-ethyl adjacent to an activating group) is 1. The van der Waals surface area contributed by atoms with Crippen LogP contribution in [0.3, 0.4) is 0 Å². The first-order valence-corrected chi connectivity index (χ1v) is 6.06. The molecule has 1 saturated carbocycles. The monoisotopic (exact) mass is 236 g/mol. The van der Waals surface area contributed by atoms with Crippen LogP contribution in [0.15, 0.2) is 18.3 Å². The molecule has 94 valence electrons. The Bertz CT molecular complexity index is 371. The summed E-state index contributed by atoms with van der Waals surface area (Å²) in [5.41, 5.74) is 3.56. The summed E-state index contributed by atoms with van der Waals surface area (Å²) >= 11 is 0. The summed E-state index contributed by atoms with van der Waals surface area (Å²) in [6, 6.07) is 4.01. The third-order valence-electron chi connectivity index (χ3n) is 3.49. The number of pyridine rings is 1. The number of nitrogens with zero attached hydrogens (tertiary/aromatic N) is 2. The number of nitrogens with one attached hydrogen (secondary N) is 1. The zero-order valence-electron chi connectivity index (χ0n) is 10.1. The fraction of sp³-hybridized carbons (Fsp3) is 0.583. The minimum Gasteiger partial charge on any atom is -0.391 e. The standard InChI is InChI=1S/C12H20N4O/c1-16(10-4-2-3-5-11(10)17)9-6-7-14-12(8-9)15-13/h6-8,10-11,17H,2-5,13H2,1H3,(H,14,15). The van der Waals surface area contributed by atoms with Crippen LogP contribution >= 0.6 is 0 Å². The SMILES string of the molecule is CN(c1ccnc(NN)c1)C1CCCCC1O. The molecule has 0 amide bonds. The maximum atomic E-state index is 10.0. The molecule has 0 radical (unpaired) electrons. The molecular formula is C12H20N4O. The Morgan fingerprint density at radius 1 is 1.47 bits per heavy atom. The topological polar surface area (TPSA) is 74.4 Å². The highest BCUT2D eigenvalue weighted by molar-refractivity contribution is 5.53. The molecule has 1 aliphatic rings. The lowest BCUT2D eigenvalue weighted by atomic mass is 9.91. The van der Waals surface area contributed by atoms with E-state index in [0.717, 1.165) is 24.9 Å². The Balaban J connectivity index is 2.14. The highest BCUT2D eigenvalue weighted by atomic mass is 16.3. The summed E-state index contributed by atoms with van der Waals surface area (Å²) in [5.74, 6) is 5.98. The predicted octanol–water partition coefficient (Wildman–Crippen LogP) is 1.11. The molecule has 1 aromatic heterocycles. The molecule has 0 saturated heterocycles. The fourth-order valence-electron chi connectivity index (χ4n) is 2.45. The van der Waals surface area contributed by atoms with Crippen LogP contribution in [0.25, 0.3) is 0 Å². The predicted molar refractivity (Wildman–Crippen MR) is 68.7 cm³/mol. The van der Waals surface area contributed by atoms with Gasteiger partial charge in [-0.05, 0) is 18.9 Å². The summed E-state index contributed by atoms with van der Waals surface area (Å²) in [6.45, 7) is 0. The second kappa shape index (κ2) is 5.33. The molecule has 5 nitrogen and oxygen atoms in total. The highest BCUT2D eigenvalue weighted by Crippen LogP contribution is 2.27. The number of hydrogen-bond donors (Lipinski definition) is 3. The van der Waals surface area contributed by atoms with Gasteiger partial charge in [0.05, 0.1) is 12.1 Å². The van der Waals surface area contributed by atoms with Gasteiger partial charge in [-0.3, -0.25) is 0 Å². The van der Waals surface area contributed by atoms with E-state index in [2.05, 4.69) is 15.3 Å². The van der Waals surface area contributed by atoms with E-state index in [1.807, 2.05) is 19.2 Å². The van der Waals surface area contributed by atoms with Crippen molar-refractivity contribution in [3.63, 3.8) is 0 Å². The minimum atomic E-state index is -0.240. The lowest BCUT2D eigenvalue weighted by molar-refractivity contribution is 0.106. The largest absolute Gasteiger partial charge is 0.391 e. The Kier molecular flexibility index (Phi) is 3.81. The van der Waals surface area contributed by atoms with E-state index in [1.165, 1.54) is 6.42 Å². The third-order valence-corrected chi connectivity index (χ3v) is 3.49. The molecule has 2 unspecified atom stereocenters. The second-order valence-electron chi connectivity index (χ2n) is 4.57. The van der Waals surface area contributed by atoms with Gasteiger partial charge >= 0.3 is 0 Å². The molecule has 0 aliphatic heterocycles. The Hall–Kier alpha value is -1.33. The lowest BCUT2D eigenvalue weighted by Gasteiger charge is -2.36. The number of aliphatic hydroxyl groups is 1. The van der Waals surface area contributed by atoms with Gasteiger partial charge in [0.25, 0.3) is 0 Å². The zero-order chi connectivity index (χ0) is 12.3. The number of nitrogens with two attached hydrogens (primary N) is 1. The molecule has 2 rings (SSSR count). The Morgan fingerprint density at radius 3 is 2.94 bits per heavy atom. The van der Waals surface area contributed by atoms with Crippen molar-refractivity contribution in [2.45, 2.75) is 37.8 Å². The lowest BCUT2D eigenvalue weighted by Crippen LogP contribution is -2.43. The number of nitrogen functional groups attached to an aromatic ring is 1. The number of anilines is 2. The summed E-state index contributed by atoms with van der Waals surface area (Å²) in [6.07, 6.45) is 5.71. The molecule has 2 atom stereocenters. The van der Waals surface area contributed by atoms with Gasteiger partial charge < -0.3 is 15.4 Å². The summed E-state index contributed by atoms with van der Waals surface area (Å²) in [7, 11) is 2.01.